The Bertz CT molecular complexity index is 1440. The van der Waals surface area contributed by atoms with E-state index < -0.39 is 10.0 Å². The number of ether oxygens (including phenoxy) is 1. The first kappa shape index (κ1) is 23.4. The largest absolute Gasteiger partial charge is 0.379 e. The molecule has 0 radical (unpaired) electrons. The number of rotatable bonds is 7. The minimum Gasteiger partial charge on any atom is -0.379 e. The molecule has 1 aliphatic heterocycles. The van der Waals surface area contributed by atoms with E-state index in [4.69, 9.17) is 9.72 Å². The van der Waals surface area contributed by atoms with Crippen LogP contribution in [0.2, 0.25) is 0 Å². The molecule has 0 bridgehead atoms. The van der Waals surface area contributed by atoms with Crippen molar-refractivity contribution in [1.82, 2.24) is 19.6 Å². The summed E-state index contributed by atoms with van der Waals surface area (Å²) in [5, 5.41) is 4.24. The number of morpholine rings is 1. The Labute approximate surface area is 205 Å². The molecule has 1 aromatic heterocycles. The van der Waals surface area contributed by atoms with Crippen LogP contribution in [0.3, 0.4) is 0 Å². The fourth-order valence-corrected chi connectivity index (χ4v) is 4.90. The molecule has 0 unspecified atom stereocenters. The lowest BCUT2D eigenvalue weighted by molar-refractivity contribution is 0.0342. The fourth-order valence-electron chi connectivity index (χ4n) is 4.17. The highest BCUT2D eigenvalue weighted by Gasteiger charge is 2.13. The number of benzene rings is 3. The number of anilines is 2. The summed E-state index contributed by atoms with van der Waals surface area (Å²) in [5.74, 6) is 0.503. The zero-order valence-electron chi connectivity index (χ0n) is 19.4. The van der Waals surface area contributed by atoms with Gasteiger partial charge in [-0.05, 0) is 42.4 Å². The number of para-hydroxylation sites is 1. The molecule has 180 valence electrons. The summed E-state index contributed by atoms with van der Waals surface area (Å²) in [6, 6.07) is 21.0. The molecule has 8 nitrogen and oxygen atoms in total. The monoisotopic (exact) mass is 489 g/mol. The van der Waals surface area contributed by atoms with Gasteiger partial charge in [0.2, 0.25) is 16.0 Å². The van der Waals surface area contributed by atoms with Crippen LogP contribution in [0.4, 0.5) is 11.6 Å². The number of hydrogen-bond donors (Lipinski definition) is 2. The summed E-state index contributed by atoms with van der Waals surface area (Å²) >= 11 is 0. The lowest BCUT2D eigenvalue weighted by atomic mass is 10.0. The minimum absolute atomic E-state index is 0.220. The minimum atomic E-state index is -3.49. The third-order valence-corrected chi connectivity index (χ3v) is 7.48. The molecule has 0 aliphatic carbocycles. The van der Waals surface area contributed by atoms with Gasteiger partial charge in [0.15, 0.2) is 0 Å². The van der Waals surface area contributed by atoms with Gasteiger partial charge in [-0.1, -0.05) is 42.5 Å². The Kier molecular flexibility index (Phi) is 6.74. The van der Waals surface area contributed by atoms with Crippen molar-refractivity contribution in [2.24, 2.45) is 0 Å². The Morgan fingerprint density at radius 1 is 1.00 bits per heavy atom. The predicted octanol–water partition coefficient (Wildman–Crippen LogP) is 3.78. The van der Waals surface area contributed by atoms with Gasteiger partial charge in [-0.25, -0.2) is 23.1 Å². The third kappa shape index (κ3) is 5.33. The van der Waals surface area contributed by atoms with Crippen molar-refractivity contribution >= 4 is 32.6 Å². The second-order valence-corrected chi connectivity index (χ2v) is 10.3. The Morgan fingerprint density at radius 2 is 1.77 bits per heavy atom. The highest BCUT2D eigenvalue weighted by molar-refractivity contribution is 7.89. The van der Waals surface area contributed by atoms with Gasteiger partial charge in [0, 0.05) is 42.5 Å². The van der Waals surface area contributed by atoms with Crippen molar-refractivity contribution in [3.05, 3.63) is 78.5 Å². The van der Waals surface area contributed by atoms with Gasteiger partial charge in [-0.15, -0.1) is 0 Å². The number of hydrogen-bond acceptors (Lipinski definition) is 7. The zero-order chi connectivity index (χ0) is 24.3. The van der Waals surface area contributed by atoms with Crippen LogP contribution >= 0.6 is 0 Å². The van der Waals surface area contributed by atoms with E-state index in [1.807, 2.05) is 30.3 Å². The smallest absolute Gasteiger partial charge is 0.240 e. The summed E-state index contributed by atoms with van der Waals surface area (Å²) in [6.07, 6.45) is 1.80. The molecule has 2 heterocycles. The maximum atomic E-state index is 12.1. The van der Waals surface area contributed by atoms with Crippen LogP contribution in [0.15, 0.2) is 77.8 Å². The molecule has 1 saturated heterocycles. The molecule has 5 rings (SSSR count). The van der Waals surface area contributed by atoms with Gasteiger partial charge < -0.3 is 10.1 Å². The molecule has 9 heteroatoms. The molecule has 0 atom stereocenters. The molecule has 0 amide bonds. The summed E-state index contributed by atoms with van der Waals surface area (Å²) < 4.78 is 31.9. The molecule has 3 aromatic carbocycles. The first-order valence-electron chi connectivity index (χ1n) is 11.5. The summed E-state index contributed by atoms with van der Waals surface area (Å²) in [7, 11) is -2.09. The Morgan fingerprint density at radius 3 is 2.54 bits per heavy atom. The van der Waals surface area contributed by atoms with Gasteiger partial charge in [0.1, 0.15) is 0 Å². The lowest BCUT2D eigenvalue weighted by Crippen LogP contribution is -2.35. The molecule has 1 fully saturated rings. The van der Waals surface area contributed by atoms with Crippen LogP contribution in [-0.2, 0) is 21.3 Å². The van der Waals surface area contributed by atoms with Gasteiger partial charge in [-0.2, -0.15) is 0 Å². The van der Waals surface area contributed by atoms with Crippen molar-refractivity contribution in [3.8, 4) is 11.1 Å². The molecule has 2 N–H and O–H groups in total. The molecule has 4 aromatic rings. The van der Waals surface area contributed by atoms with Crippen LogP contribution < -0.4 is 10.0 Å². The van der Waals surface area contributed by atoms with Gasteiger partial charge in [0.25, 0.3) is 0 Å². The molecule has 1 aliphatic rings. The lowest BCUT2D eigenvalue weighted by Gasteiger charge is -2.26. The van der Waals surface area contributed by atoms with E-state index in [1.165, 1.54) is 12.6 Å². The topological polar surface area (TPSA) is 96.5 Å². The molecule has 0 spiro atoms. The number of sulfonamides is 1. The molecular formula is C26H27N5O3S. The van der Waals surface area contributed by atoms with Crippen LogP contribution in [0.1, 0.15) is 5.56 Å². The van der Waals surface area contributed by atoms with Gasteiger partial charge in [-0.3, -0.25) is 4.90 Å². The first-order chi connectivity index (χ1) is 17.0. The second-order valence-electron chi connectivity index (χ2n) is 8.38. The molecule has 0 saturated carbocycles. The van der Waals surface area contributed by atoms with E-state index in [-0.39, 0.29) is 4.90 Å². The van der Waals surface area contributed by atoms with Crippen molar-refractivity contribution in [1.29, 1.82) is 0 Å². The quantitative estimate of drug-likeness (QED) is 0.408. The number of nitrogens with zero attached hydrogens (tertiary/aromatic N) is 3. The van der Waals surface area contributed by atoms with Crippen molar-refractivity contribution in [2.45, 2.75) is 11.4 Å². The highest BCUT2D eigenvalue weighted by Crippen LogP contribution is 2.29. The maximum absolute atomic E-state index is 12.1. The average molecular weight is 490 g/mol. The average Bonchev–Trinajstić information content (AvgIpc) is 2.89. The second kappa shape index (κ2) is 10.1. The van der Waals surface area contributed by atoms with Crippen molar-refractivity contribution in [3.63, 3.8) is 0 Å². The van der Waals surface area contributed by atoms with Crippen LogP contribution in [-0.4, -0.2) is 56.6 Å². The summed E-state index contributed by atoms with van der Waals surface area (Å²) in [4.78, 5) is 11.9. The molecular weight excluding hydrogens is 462 g/mol. The van der Waals surface area contributed by atoms with E-state index >= 15 is 0 Å². The van der Waals surface area contributed by atoms with E-state index in [9.17, 15) is 8.42 Å². The number of nitrogens with one attached hydrogen (secondary N) is 2. The fraction of sp³-hybridized carbons (Fsp3) is 0.231. The molecule has 35 heavy (non-hydrogen) atoms. The zero-order valence-corrected chi connectivity index (χ0v) is 20.3. The van der Waals surface area contributed by atoms with E-state index in [2.05, 4.69) is 32.1 Å². The van der Waals surface area contributed by atoms with Crippen LogP contribution in [0.5, 0.6) is 0 Å². The summed E-state index contributed by atoms with van der Waals surface area (Å²) in [5.41, 5.74) is 4.72. The SMILES string of the molecule is CNS(=O)(=O)c1ccc(-c2cccc3cnc(Nc4cccc(CN5CCOCC5)c4)nc23)cc1. The van der Waals surface area contributed by atoms with Gasteiger partial charge in [0.05, 0.1) is 23.6 Å². The summed E-state index contributed by atoms with van der Waals surface area (Å²) in [6.45, 7) is 4.31. The van der Waals surface area contributed by atoms with E-state index in [0.717, 1.165) is 60.6 Å². The van der Waals surface area contributed by atoms with Crippen LogP contribution in [0.25, 0.3) is 22.0 Å². The highest BCUT2D eigenvalue weighted by atomic mass is 32.2. The predicted molar refractivity (Wildman–Crippen MR) is 137 cm³/mol. The Hall–Kier alpha value is -3.37. The normalized spacial score (nSPS) is 14.8. The third-order valence-electron chi connectivity index (χ3n) is 6.05. The Balaban J connectivity index is 1.41. The number of aromatic nitrogens is 2. The van der Waals surface area contributed by atoms with Crippen molar-refractivity contribution < 1.29 is 13.2 Å². The van der Waals surface area contributed by atoms with E-state index in [1.54, 1.807) is 30.5 Å². The standard InChI is InChI=1S/C26H27N5O3S/c1-27-35(32,33)23-10-8-20(9-11-23)24-7-3-5-21-17-28-26(30-25(21)24)29-22-6-2-4-19(16-22)18-31-12-14-34-15-13-31/h2-11,16-17,27H,12-15,18H2,1H3,(H,28,29,30). The van der Waals surface area contributed by atoms with Crippen LogP contribution in [0, 0.1) is 0 Å². The van der Waals surface area contributed by atoms with Crippen molar-refractivity contribution in [2.75, 3.05) is 38.7 Å². The number of fused-ring (bicyclic) bond motifs is 1. The first-order valence-corrected chi connectivity index (χ1v) is 13.0. The van der Waals surface area contributed by atoms with Gasteiger partial charge >= 0.3 is 0 Å². The maximum Gasteiger partial charge on any atom is 0.240 e. The van der Waals surface area contributed by atoms with E-state index in [0.29, 0.717) is 5.95 Å².